The third-order valence-corrected chi connectivity index (χ3v) is 4.11. The van der Waals surface area contributed by atoms with Crippen molar-refractivity contribution in [2.75, 3.05) is 50.6 Å². The molecule has 0 radical (unpaired) electrons. The first-order valence-electron chi connectivity index (χ1n) is 7.27. The molecule has 3 rings (SSSR count). The van der Waals surface area contributed by atoms with Crippen LogP contribution in [0.2, 0.25) is 0 Å². The molecule has 0 aliphatic carbocycles. The highest BCUT2D eigenvalue weighted by Gasteiger charge is 2.30. The number of ether oxygens (including phenoxy) is 1. The predicted octanol–water partition coefficient (Wildman–Crippen LogP) is 0.596. The van der Waals surface area contributed by atoms with E-state index in [1.165, 1.54) is 32.4 Å². The summed E-state index contributed by atoms with van der Waals surface area (Å²) in [4.78, 5) is 17.8. The predicted molar refractivity (Wildman–Crippen MR) is 77.4 cm³/mol. The fraction of sp³-hybridized carbons (Fsp3) is 0.769. The van der Waals surface area contributed by atoms with Gasteiger partial charge in [-0.25, -0.2) is 0 Å². The fourth-order valence-corrected chi connectivity index (χ4v) is 3.02. The van der Waals surface area contributed by atoms with Crippen molar-refractivity contribution in [3.05, 3.63) is 0 Å². The normalized spacial score (nSPS) is 23.3. The molecule has 7 heteroatoms. The van der Waals surface area contributed by atoms with Gasteiger partial charge in [-0.1, -0.05) is 0 Å². The zero-order valence-electron chi connectivity index (χ0n) is 12.2. The lowest BCUT2D eigenvalue weighted by molar-refractivity contribution is 0.260. The minimum absolute atomic E-state index is 0.365. The summed E-state index contributed by atoms with van der Waals surface area (Å²) in [5.41, 5.74) is 0. The number of anilines is 2. The SMILES string of the molecule is CNc1nc(OC)nc(N2CCC(N3CCCC3)C2)n1. The number of hydrogen-bond donors (Lipinski definition) is 1. The lowest BCUT2D eigenvalue weighted by Crippen LogP contribution is -2.35. The molecule has 2 aliphatic rings. The van der Waals surface area contributed by atoms with Crippen LogP contribution in [0.4, 0.5) is 11.9 Å². The molecule has 1 aromatic heterocycles. The summed E-state index contributed by atoms with van der Waals surface area (Å²) in [6, 6.07) is 1.00. The van der Waals surface area contributed by atoms with E-state index in [0.717, 1.165) is 13.1 Å². The Balaban J connectivity index is 1.73. The largest absolute Gasteiger partial charge is 0.467 e. The molecule has 1 atom stereocenters. The van der Waals surface area contributed by atoms with E-state index in [0.29, 0.717) is 23.9 Å². The van der Waals surface area contributed by atoms with E-state index < -0.39 is 0 Å². The third-order valence-electron chi connectivity index (χ3n) is 4.11. The topological polar surface area (TPSA) is 66.4 Å². The first-order valence-corrected chi connectivity index (χ1v) is 7.27. The summed E-state index contributed by atoms with van der Waals surface area (Å²) in [5, 5.41) is 2.95. The third kappa shape index (κ3) is 2.63. The Morgan fingerprint density at radius 2 is 1.95 bits per heavy atom. The number of nitrogens with one attached hydrogen (secondary N) is 1. The van der Waals surface area contributed by atoms with Crippen LogP contribution in [-0.2, 0) is 0 Å². The Labute approximate surface area is 119 Å². The fourth-order valence-electron chi connectivity index (χ4n) is 3.02. The van der Waals surface area contributed by atoms with Crippen molar-refractivity contribution in [2.45, 2.75) is 25.3 Å². The lowest BCUT2D eigenvalue weighted by Gasteiger charge is -2.23. The second-order valence-corrected chi connectivity index (χ2v) is 5.33. The maximum Gasteiger partial charge on any atom is 0.322 e. The zero-order chi connectivity index (χ0) is 13.9. The van der Waals surface area contributed by atoms with E-state index in [1.807, 2.05) is 0 Å². The van der Waals surface area contributed by atoms with Gasteiger partial charge in [0.1, 0.15) is 0 Å². The van der Waals surface area contributed by atoms with Crippen molar-refractivity contribution in [2.24, 2.45) is 0 Å². The van der Waals surface area contributed by atoms with Crippen LogP contribution in [0.15, 0.2) is 0 Å². The van der Waals surface area contributed by atoms with Crippen molar-refractivity contribution in [1.82, 2.24) is 19.9 Å². The minimum atomic E-state index is 0.365. The average Bonchev–Trinajstić information content (AvgIpc) is 3.17. The van der Waals surface area contributed by atoms with Crippen LogP contribution in [0.1, 0.15) is 19.3 Å². The number of nitrogens with zero attached hydrogens (tertiary/aromatic N) is 5. The maximum atomic E-state index is 5.14. The van der Waals surface area contributed by atoms with E-state index in [-0.39, 0.29) is 0 Å². The molecule has 0 spiro atoms. The molecular formula is C13H22N6O. The van der Waals surface area contributed by atoms with Crippen LogP contribution in [0.3, 0.4) is 0 Å². The van der Waals surface area contributed by atoms with Gasteiger partial charge in [0, 0.05) is 26.2 Å². The van der Waals surface area contributed by atoms with Crippen molar-refractivity contribution in [1.29, 1.82) is 0 Å². The van der Waals surface area contributed by atoms with E-state index in [9.17, 15) is 0 Å². The highest BCUT2D eigenvalue weighted by molar-refractivity contribution is 5.39. The summed E-state index contributed by atoms with van der Waals surface area (Å²) >= 11 is 0. The van der Waals surface area contributed by atoms with Gasteiger partial charge in [-0.05, 0) is 32.4 Å². The van der Waals surface area contributed by atoms with Gasteiger partial charge in [0.25, 0.3) is 0 Å². The molecule has 0 amide bonds. The molecular weight excluding hydrogens is 256 g/mol. The maximum absolute atomic E-state index is 5.14. The molecule has 2 fully saturated rings. The van der Waals surface area contributed by atoms with Gasteiger partial charge in [0.05, 0.1) is 7.11 Å². The number of hydrogen-bond acceptors (Lipinski definition) is 7. The van der Waals surface area contributed by atoms with E-state index in [2.05, 4.69) is 30.1 Å². The Hall–Kier alpha value is -1.63. The second kappa shape index (κ2) is 5.78. The molecule has 0 saturated carbocycles. The van der Waals surface area contributed by atoms with Crippen LogP contribution in [0, 0.1) is 0 Å². The van der Waals surface area contributed by atoms with Crippen LogP contribution in [-0.4, -0.2) is 66.2 Å². The first kappa shape index (κ1) is 13.4. The van der Waals surface area contributed by atoms with Gasteiger partial charge in [-0.3, -0.25) is 4.90 Å². The molecule has 7 nitrogen and oxygen atoms in total. The molecule has 2 aliphatic heterocycles. The Bertz CT molecular complexity index is 440. The lowest BCUT2D eigenvalue weighted by atomic mass is 10.2. The van der Waals surface area contributed by atoms with Crippen LogP contribution in [0.5, 0.6) is 6.01 Å². The average molecular weight is 278 g/mol. The molecule has 1 aromatic rings. The molecule has 2 saturated heterocycles. The summed E-state index contributed by atoms with van der Waals surface area (Å²) in [6.07, 6.45) is 3.85. The number of aromatic nitrogens is 3. The first-order chi connectivity index (χ1) is 9.80. The van der Waals surface area contributed by atoms with E-state index >= 15 is 0 Å². The monoisotopic (exact) mass is 278 g/mol. The van der Waals surface area contributed by atoms with Gasteiger partial charge in [0.15, 0.2) is 0 Å². The van der Waals surface area contributed by atoms with Gasteiger partial charge < -0.3 is 15.0 Å². The highest BCUT2D eigenvalue weighted by Crippen LogP contribution is 2.24. The van der Waals surface area contributed by atoms with Gasteiger partial charge in [-0.15, -0.1) is 0 Å². The van der Waals surface area contributed by atoms with Crippen molar-refractivity contribution < 1.29 is 4.74 Å². The summed E-state index contributed by atoms with van der Waals surface area (Å²) in [5.74, 6) is 1.26. The van der Waals surface area contributed by atoms with Crippen molar-refractivity contribution in [3.8, 4) is 6.01 Å². The van der Waals surface area contributed by atoms with E-state index in [4.69, 9.17) is 4.74 Å². The number of methoxy groups -OCH3 is 1. The smallest absolute Gasteiger partial charge is 0.322 e. The molecule has 3 heterocycles. The summed E-state index contributed by atoms with van der Waals surface area (Å²) in [7, 11) is 3.38. The second-order valence-electron chi connectivity index (χ2n) is 5.33. The number of likely N-dealkylation sites (tertiary alicyclic amines) is 1. The standard InChI is InChI=1S/C13H22N6O/c1-14-11-15-12(17-13(16-11)20-2)19-8-5-10(9-19)18-6-3-4-7-18/h10H,3-9H2,1-2H3,(H,14,15,16,17). The molecule has 1 N–H and O–H groups in total. The molecule has 1 unspecified atom stereocenters. The quantitative estimate of drug-likeness (QED) is 0.865. The van der Waals surface area contributed by atoms with Gasteiger partial charge in [0.2, 0.25) is 11.9 Å². The Morgan fingerprint density at radius 3 is 2.65 bits per heavy atom. The van der Waals surface area contributed by atoms with Crippen LogP contribution >= 0.6 is 0 Å². The minimum Gasteiger partial charge on any atom is -0.467 e. The molecule has 20 heavy (non-hydrogen) atoms. The number of rotatable bonds is 4. The zero-order valence-corrected chi connectivity index (χ0v) is 12.2. The van der Waals surface area contributed by atoms with Gasteiger partial charge >= 0.3 is 6.01 Å². The summed E-state index contributed by atoms with van der Waals surface area (Å²) < 4.78 is 5.14. The van der Waals surface area contributed by atoms with Crippen molar-refractivity contribution >= 4 is 11.9 Å². The van der Waals surface area contributed by atoms with Gasteiger partial charge in [-0.2, -0.15) is 15.0 Å². The van der Waals surface area contributed by atoms with Crippen LogP contribution < -0.4 is 15.0 Å². The molecule has 110 valence electrons. The van der Waals surface area contributed by atoms with E-state index in [1.54, 1.807) is 14.2 Å². The van der Waals surface area contributed by atoms with Crippen molar-refractivity contribution in [3.63, 3.8) is 0 Å². The summed E-state index contributed by atoms with van der Waals surface area (Å²) in [6.45, 7) is 4.47. The molecule has 0 bridgehead atoms. The van der Waals surface area contributed by atoms with Crippen LogP contribution in [0.25, 0.3) is 0 Å². The molecule has 0 aromatic carbocycles. The Kier molecular flexibility index (Phi) is 3.86. The Morgan fingerprint density at radius 1 is 1.15 bits per heavy atom. The highest BCUT2D eigenvalue weighted by atomic mass is 16.5.